The number of amides is 2. The zero-order valence-corrected chi connectivity index (χ0v) is 13.6. The first-order valence-corrected chi connectivity index (χ1v) is 8.14. The van der Waals surface area contributed by atoms with Crippen molar-refractivity contribution in [2.24, 2.45) is 0 Å². The smallest absolute Gasteiger partial charge is 0.256 e. The summed E-state index contributed by atoms with van der Waals surface area (Å²) in [4.78, 5) is 24.6. The zero-order chi connectivity index (χ0) is 15.7. The Hall–Kier alpha value is -1.86. The summed E-state index contributed by atoms with van der Waals surface area (Å²) in [6, 6.07) is 9.18. The topological polar surface area (TPSA) is 58.2 Å². The van der Waals surface area contributed by atoms with Crippen molar-refractivity contribution < 1.29 is 14.0 Å². The van der Waals surface area contributed by atoms with Gasteiger partial charge in [-0.05, 0) is 52.3 Å². The summed E-state index contributed by atoms with van der Waals surface area (Å²) in [6.07, 6.45) is 0. The van der Waals surface area contributed by atoms with Crippen molar-refractivity contribution in [3.63, 3.8) is 0 Å². The molecule has 7 heteroatoms. The average Bonchev–Trinajstić information content (AvgIpc) is 2.46. The maximum absolute atomic E-state index is 13.1. The van der Waals surface area contributed by atoms with Crippen LogP contribution in [0.2, 0.25) is 0 Å². The summed E-state index contributed by atoms with van der Waals surface area (Å²) >= 11 is 4.62. The summed E-state index contributed by atoms with van der Waals surface area (Å²) in [5.74, 6) is -0.456. The number of carbonyl (C=O) groups excluding carboxylic acids is 2. The van der Waals surface area contributed by atoms with Gasteiger partial charge >= 0.3 is 0 Å². The first-order valence-electron chi connectivity index (χ1n) is 6.36. The summed E-state index contributed by atoms with van der Waals surface area (Å²) < 4.78 is 13.4. The Balaban J connectivity index is 1.82. The van der Waals surface area contributed by atoms with E-state index in [-0.39, 0.29) is 11.8 Å². The third kappa shape index (κ3) is 3.15. The molecule has 0 saturated heterocycles. The van der Waals surface area contributed by atoms with E-state index in [1.807, 2.05) is 6.07 Å². The summed E-state index contributed by atoms with van der Waals surface area (Å²) in [5.41, 5.74) is 1.57. The molecule has 3 rings (SSSR count). The van der Waals surface area contributed by atoms with E-state index >= 15 is 0 Å². The van der Waals surface area contributed by atoms with Crippen LogP contribution < -0.4 is 10.6 Å². The third-order valence-electron chi connectivity index (χ3n) is 3.05. The highest BCUT2D eigenvalue weighted by atomic mass is 79.9. The van der Waals surface area contributed by atoms with Crippen molar-refractivity contribution >= 4 is 50.9 Å². The SMILES string of the molecule is O=C1CSc2ccc(NC(=O)c3ccc(F)cc3Br)cc2N1. The fourth-order valence-electron chi connectivity index (χ4n) is 2.03. The summed E-state index contributed by atoms with van der Waals surface area (Å²) in [7, 11) is 0. The van der Waals surface area contributed by atoms with Gasteiger partial charge in [-0.15, -0.1) is 11.8 Å². The predicted molar refractivity (Wildman–Crippen MR) is 87.8 cm³/mol. The predicted octanol–water partition coefficient (Wildman–Crippen LogP) is 3.88. The number of hydrogen-bond acceptors (Lipinski definition) is 3. The Labute approximate surface area is 138 Å². The van der Waals surface area contributed by atoms with Crippen LogP contribution in [0.15, 0.2) is 45.8 Å². The largest absolute Gasteiger partial charge is 0.324 e. The molecule has 0 saturated carbocycles. The monoisotopic (exact) mass is 380 g/mol. The number of anilines is 2. The number of fused-ring (bicyclic) bond motifs is 1. The lowest BCUT2D eigenvalue weighted by atomic mass is 10.2. The highest BCUT2D eigenvalue weighted by Crippen LogP contribution is 2.33. The normalized spacial score (nSPS) is 13.3. The van der Waals surface area contributed by atoms with Crippen LogP contribution in [0.1, 0.15) is 10.4 Å². The van der Waals surface area contributed by atoms with Gasteiger partial charge < -0.3 is 10.6 Å². The van der Waals surface area contributed by atoms with Gasteiger partial charge in [-0.25, -0.2) is 4.39 Å². The van der Waals surface area contributed by atoms with Gasteiger partial charge in [0.2, 0.25) is 5.91 Å². The van der Waals surface area contributed by atoms with Crippen LogP contribution in [0.4, 0.5) is 15.8 Å². The number of hydrogen-bond donors (Lipinski definition) is 2. The Bertz CT molecular complexity index is 782. The van der Waals surface area contributed by atoms with E-state index in [1.54, 1.807) is 12.1 Å². The molecule has 22 heavy (non-hydrogen) atoms. The quantitative estimate of drug-likeness (QED) is 0.830. The number of carbonyl (C=O) groups is 2. The van der Waals surface area contributed by atoms with E-state index in [9.17, 15) is 14.0 Å². The van der Waals surface area contributed by atoms with Gasteiger partial charge in [0.1, 0.15) is 5.82 Å². The van der Waals surface area contributed by atoms with Crippen LogP contribution in [0.25, 0.3) is 0 Å². The van der Waals surface area contributed by atoms with E-state index in [0.29, 0.717) is 27.2 Å². The van der Waals surface area contributed by atoms with E-state index in [4.69, 9.17) is 0 Å². The first kappa shape index (κ1) is 15.1. The maximum atomic E-state index is 13.1. The third-order valence-corrected chi connectivity index (χ3v) is 4.78. The van der Waals surface area contributed by atoms with Crippen LogP contribution in [-0.2, 0) is 4.79 Å². The molecule has 1 aliphatic rings. The summed E-state index contributed by atoms with van der Waals surface area (Å²) in [5, 5.41) is 5.49. The fourth-order valence-corrected chi connectivity index (χ4v) is 3.35. The molecule has 2 N–H and O–H groups in total. The molecule has 0 fully saturated rings. The van der Waals surface area contributed by atoms with Crippen molar-refractivity contribution in [3.8, 4) is 0 Å². The van der Waals surface area contributed by atoms with Crippen LogP contribution in [-0.4, -0.2) is 17.6 Å². The van der Waals surface area contributed by atoms with E-state index in [0.717, 1.165) is 4.90 Å². The fraction of sp³-hybridized carbons (Fsp3) is 0.0667. The van der Waals surface area contributed by atoms with Crippen molar-refractivity contribution in [1.29, 1.82) is 0 Å². The number of halogens is 2. The van der Waals surface area contributed by atoms with Gasteiger partial charge in [0, 0.05) is 15.1 Å². The number of rotatable bonds is 2. The van der Waals surface area contributed by atoms with Gasteiger partial charge in [0.25, 0.3) is 5.91 Å². The lowest BCUT2D eigenvalue weighted by Gasteiger charge is -2.17. The molecule has 0 unspecified atom stereocenters. The highest BCUT2D eigenvalue weighted by Gasteiger charge is 2.17. The average molecular weight is 381 g/mol. The van der Waals surface area contributed by atoms with Gasteiger partial charge in [-0.3, -0.25) is 9.59 Å². The maximum Gasteiger partial charge on any atom is 0.256 e. The molecule has 0 radical (unpaired) electrons. The Morgan fingerprint density at radius 2 is 2.09 bits per heavy atom. The number of thioether (sulfide) groups is 1. The first-order chi connectivity index (χ1) is 10.5. The molecule has 4 nitrogen and oxygen atoms in total. The molecular formula is C15H10BrFN2O2S. The lowest BCUT2D eigenvalue weighted by molar-refractivity contribution is -0.113. The Kier molecular flexibility index (Phi) is 4.17. The van der Waals surface area contributed by atoms with E-state index < -0.39 is 5.82 Å². The minimum absolute atomic E-state index is 0.0674. The molecular weight excluding hydrogens is 371 g/mol. The van der Waals surface area contributed by atoms with Gasteiger partial charge in [-0.2, -0.15) is 0 Å². The van der Waals surface area contributed by atoms with Crippen LogP contribution in [0, 0.1) is 5.82 Å². The van der Waals surface area contributed by atoms with Gasteiger partial charge in [0.05, 0.1) is 17.0 Å². The summed E-state index contributed by atoms with van der Waals surface area (Å²) in [6.45, 7) is 0. The minimum atomic E-state index is -0.419. The molecule has 0 bridgehead atoms. The zero-order valence-electron chi connectivity index (χ0n) is 11.2. The van der Waals surface area contributed by atoms with Crippen LogP contribution >= 0.6 is 27.7 Å². The molecule has 1 heterocycles. The molecule has 0 atom stereocenters. The van der Waals surface area contributed by atoms with Gasteiger partial charge in [0.15, 0.2) is 0 Å². The minimum Gasteiger partial charge on any atom is -0.324 e. The molecule has 0 aromatic heterocycles. The van der Waals surface area contributed by atoms with E-state index in [1.165, 1.54) is 30.0 Å². The van der Waals surface area contributed by atoms with Crippen molar-refractivity contribution in [2.75, 3.05) is 16.4 Å². The van der Waals surface area contributed by atoms with Crippen LogP contribution in [0.5, 0.6) is 0 Å². The van der Waals surface area contributed by atoms with Crippen LogP contribution in [0.3, 0.4) is 0 Å². The standard InChI is InChI=1S/C15H10BrFN2O2S/c16-11-5-8(17)1-3-10(11)15(21)18-9-2-4-13-12(6-9)19-14(20)7-22-13/h1-6H,7H2,(H,18,21)(H,19,20). The molecule has 1 aliphatic heterocycles. The Morgan fingerprint density at radius 1 is 1.27 bits per heavy atom. The molecule has 0 spiro atoms. The highest BCUT2D eigenvalue weighted by molar-refractivity contribution is 9.10. The second-order valence-corrected chi connectivity index (χ2v) is 6.50. The molecule has 2 aromatic carbocycles. The molecule has 2 amide bonds. The van der Waals surface area contributed by atoms with Crippen molar-refractivity contribution in [2.45, 2.75) is 4.90 Å². The Morgan fingerprint density at radius 3 is 2.86 bits per heavy atom. The molecule has 112 valence electrons. The number of nitrogens with one attached hydrogen (secondary N) is 2. The second-order valence-electron chi connectivity index (χ2n) is 4.63. The molecule has 2 aromatic rings. The number of benzene rings is 2. The van der Waals surface area contributed by atoms with E-state index in [2.05, 4.69) is 26.6 Å². The van der Waals surface area contributed by atoms with Gasteiger partial charge in [-0.1, -0.05) is 0 Å². The molecule has 0 aliphatic carbocycles. The van der Waals surface area contributed by atoms with Crippen molar-refractivity contribution in [3.05, 3.63) is 52.3 Å². The van der Waals surface area contributed by atoms with Crippen molar-refractivity contribution in [1.82, 2.24) is 0 Å². The lowest BCUT2D eigenvalue weighted by Crippen LogP contribution is -2.19. The second kappa shape index (κ2) is 6.10.